The first-order chi connectivity index (χ1) is 8.58. The van der Waals surface area contributed by atoms with E-state index in [9.17, 15) is 4.39 Å². The molecule has 1 N–H and O–H groups in total. The Bertz CT molecular complexity index is 385. The Morgan fingerprint density at radius 1 is 1.33 bits per heavy atom. The van der Waals surface area contributed by atoms with Crippen molar-refractivity contribution in [1.29, 1.82) is 0 Å². The molecule has 0 aromatic heterocycles. The van der Waals surface area contributed by atoms with E-state index in [-0.39, 0.29) is 5.82 Å². The van der Waals surface area contributed by atoms with E-state index in [4.69, 9.17) is 0 Å². The zero-order valence-corrected chi connectivity index (χ0v) is 11.7. The molecule has 0 radical (unpaired) electrons. The van der Waals surface area contributed by atoms with Gasteiger partial charge in [-0.15, -0.1) is 0 Å². The topological polar surface area (TPSA) is 12.0 Å². The normalized spacial score (nSPS) is 26.6. The standard InChI is InChI=1S/C16H24FN/c1-4-16(13-5-7-15(17)8-6-13)9-14(16)11-18-10-12(2)3/h5-8,12,14,18H,4,9-11H2,1-3H3. The minimum Gasteiger partial charge on any atom is -0.316 e. The second kappa shape index (κ2) is 5.40. The molecule has 1 aliphatic carbocycles. The quantitative estimate of drug-likeness (QED) is 0.810. The molecular formula is C16H24FN. The van der Waals surface area contributed by atoms with Crippen LogP contribution in [0.1, 0.15) is 39.2 Å². The number of benzene rings is 1. The van der Waals surface area contributed by atoms with Gasteiger partial charge in [0.25, 0.3) is 0 Å². The highest BCUT2D eigenvalue weighted by Crippen LogP contribution is 2.56. The summed E-state index contributed by atoms with van der Waals surface area (Å²) >= 11 is 0. The summed E-state index contributed by atoms with van der Waals surface area (Å²) < 4.78 is 13.0. The largest absolute Gasteiger partial charge is 0.316 e. The Morgan fingerprint density at radius 2 is 2.00 bits per heavy atom. The predicted molar refractivity (Wildman–Crippen MR) is 74.2 cm³/mol. The molecule has 1 aromatic rings. The summed E-state index contributed by atoms with van der Waals surface area (Å²) in [5.74, 6) is 1.28. The van der Waals surface area contributed by atoms with E-state index >= 15 is 0 Å². The van der Waals surface area contributed by atoms with Crippen LogP contribution in [0.3, 0.4) is 0 Å². The SMILES string of the molecule is CCC1(c2ccc(F)cc2)CC1CNCC(C)C. The molecule has 18 heavy (non-hydrogen) atoms. The molecule has 2 atom stereocenters. The van der Waals surface area contributed by atoms with Crippen LogP contribution in [-0.2, 0) is 5.41 Å². The third kappa shape index (κ3) is 2.74. The number of nitrogens with one attached hydrogen (secondary N) is 1. The summed E-state index contributed by atoms with van der Waals surface area (Å²) in [6.45, 7) is 8.87. The average Bonchev–Trinajstić information content (AvgIpc) is 3.04. The van der Waals surface area contributed by atoms with Crippen LogP contribution in [0.15, 0.2) is 24.3 Å². The molecule has 0 aliphatic heterocycles. The molecule has 100 valence electrons. The Labute approximate surface area is 110 Å². The van der Waals surface area contributed by atoms with Crippen LogP contribution in [0.25, 0.3) is 0 Å². The number of hydrogen-bond acceptors (Lipinski definition) is 1. The van der Waals surface area contributed by atoms with E-state index in [1.807, 2.05) is 12.1 Å². The monoisotopic (exact) mass is 249 g/mol. The summed E-state index contributed by atoms with van der Waals surface area (Å²) in [6.07, 6.45) is 2.38. The van der Waals surface area contributed by atoms with Crippen molar-refractivity contribution < 1.29 is 4.39 Å². The van der Waals surface area contributed by atoms with E-state index in [2.05, 4.69) is 26.1 Å². The summed E-state index contributed by atoms with van der Waals surface area (Å²) in [5, 5.41) is 3.54. The number of rotatable bonds is 6. The van der Waals surface area contributed by atoms with Crippen LogP contribution >= 0.6 is 0 Å². The van der Waals surface area contributed by atoms with Gasteiger partial charge >= 0.3 is 0 Å². The molecule has 0 saturated heterocycles. The molecule has 2 rings (SSSR count). The first kappa shape index (κ1) is 13.5. The van der Waals surface area contributed by atoms with Gasteiger partial charge in [0, 0.05) is 0 Å². The first-order valence-electron chi connectivity index (χ1n) is 7.05. The third-order valence-corrected chi connectivity index (χ3v) is 4.23. The van der Waals surface area contributed by atoms with Gasteiger partial charge in [0.15, 0.2) is 0 Å². The van der Waals surface area contributed by atoms with E-state index in [0.717, 1.165) is 19.5 Å². The van der Waals surface area contributed by atoms with Crippen LogP contribution in [0, 0.1) is 17.7 Å². The molecule has 1 fully saturated rings. The fourth-order valence-electron chi connectivity index (χ4n) is 2.97. The molecule has 1 saturated carbocycles. The summed E-state index contributed by atoms with van der Waals surface area (Å²) in [4.78, 5) is 0. The fraction of sp³-hybridized carbons (Fsp3) is 0.625. The highest BCUT2D eigenvalue weighted by molar-refractivity contribution is 5.34. The van der Waals surface area contributed by atoms with Crippen LogP contribution in [-0.4, -0.2) is 13.1 Å². The van der Waals surface area contributed by atoms with Gasteiger partial charge in [-0.05, 0) is 60.9 Å². The van der Waals surface area contributed by atoms with Crippen molar-refractivity contribution in [1.82, 2.24) is 5.32 Å². The van der Waals surface area contributed by atoms with Crippen molar-refractivity contribution in [2.75, 3.05) is 13.1 Å². The van der Waals surface area contributed by atoms with E-state index in [1.54, 1.807) is 12.1 Å². The maximum Gasteiger partial charge on any atom is 0.123 e. The van der Waals surface area contributed by atoms with Crippen LogP contribution in [0.4, 0.5) is 4.39 Å². The molecule has 0 spiro atoms. The lowest BCUT2D eigenvalue weighted by Crippen LogP contribution is -2.24. The van der Waals surface area contributed by atoms with Crippen molar-refractivity contribution in [3.8, 4) is 0 Å². The lowest BCUT2D eigenvalue weighted by atomic mass is 9.90. The molecule has 0 heterocycles. The Hall–Kier alpha value is -0.890. The molecule has 2 unspecified atom stereocenters. The second-order valence-electron chi connectivity index (χ2n) is 5.97. The number of halogens is 1. The molecule has 2 heteroatoms. The van der Waals surface area contributed by atoms with Crippen LogP contribution in [0.5, 0.6) is 0 Å². The van der Waals surface area contributed by atoms with Crippen molar-refractivity contribution in [2.24, 2.45) is 11.8 Å². The van der Waals surface area contributed by atoms with Crippen LogP contribution in [0.2, 0.25) is 0 Å². The maximum absolute atomic E-state index is 13.0. The minimum atomic E-state index is -0.139. The maximum atomic E-state index is 13.0. The second-order valence-corrected chi connectivity index (χ2v) is 5.97. The summed E-state index contributed by atoms with van der Waals surface area (Å²) in [5.41, 5.74) is 1.61. The highest BCUT2D eigenvalue weighted by atomic mass is 19.1. The van der Waals surface area contributed by atoms with Crippen molar-refractivity contribution in [3.05, 3.63) is 35.6 Å². The molecule has 0 bridgehead atoms. The van der Waals surface area contributed by atoms with Gasteiger partial charge in [0.1, 0.15) is 5.82 Å². The van der Waals surface area contributed by atoms with Gasteiger partial charge in [0.2, 0.25) is 0 Å². The van der Waals surface area contributed by atoms with Gasteiger partial charge in [-0.2, -0.15) is 0 Å². The van der Waals surface area contributed by atoms with Crippen molar-refractivity contribution in [2.45, 2.75) is 39.0 Å². The van der Waals surface area contributed by atoms with Gasteiger partial charge in [-0.25, -0.2) is 4.39 Å². The fourth-order valence-corrected chi connectivity index (χ4v) is 2.97. The summed E-state index contributed by atoms with van der Waals surface area (Å²) in [6, 6.07) is 7.09. The molecule has 1 nitrogen and oxygen atoms in total. The Morgan fingerprint density at radius 3 is 2.56 bits per heavy atom. The first-order valence-corrected chi connectivity index (χ1v) is 7.05. The zero-order valence-electron chi connectivity index (χ0n) is 11.7. The third-order valence-electron chi connectivity index (χ3n) is 4.23. The molecule has 1 aliphatic rings. The Balaban J connectivity index is 1.96. The van der Waals surface area contributed by atoms with E-state index in [1.165, 1.54) is 12.0 Å². The minimum absolute atomic E-state index is 0.139. The highest BCUT2D eigenvalue weighted by Gasteiger charge is 2.52. The smallest absolute Gasteiger partial charge is 0.123 e. The predicted octanol–water partition coefficient (Wildman–Crippen LogP) is 3.74. The summed E-state index contributed by atoms with van der Waals surface area (Å²) in [7, 11) is 0. The van der Waals surface area contributed by atoms with Gasteiger partial charge in [-0.1, -0.05) is 32.9 Å². The van der Waals surface area contributed by atoms with Gasteiger partial charge in [0.05, 0.1) is 0 Å². The van der Waals surface area contributed by atoms with Crippen molar-refractivity contribution in [3.63, 3.8) is 0 Å². The van der Waals surface area contributed by atoms with Gasteiger partial charge < -0.3 is 5.32 Å². The molecule has 1 aromatic carbocycles. The molecular weight excluding hydrogens is 225 g/mol. The average molecular weight is 249 g/mol. The molecule has 0 amide bonds. The zero-order chi connectivity index (χ0) is 13.2. The van der Waals surface area contributed by atoms with Crippen LogP contribution < -0.4 is 5.32 Å². The van der Waals surface area contributed by atoms with Gasteiger partial charge in [-0.3, -0.25) is 0 Å². The lowest BCUT2D eigenvalue weighted by Gasteiger charge is -2.16. The lowest BCUT2D eigenvalue weighted by molar-refractivity contribution is 0.498. The van der Waals surface area contributed by atoms with E-state index < -0.39 is 0 Å². The number of hydrogen-bond donors (Lipinski definition) is 1. The Kier molecular flexibility index (Phi) is 4.06. The van der Waals surface area contributed by atoms with E-state index in [0.29, 0.717) is 17.3 Å². The van der Waals surface area contributed by atoms with Crippen molar-refractivity contribution >= 4 is 0 Å².